The van der Waals surface area contributed by atoms with Crippen LogP contribution in [0.5, 0.6) is 5.75 Å². The number of carbonyl (C=O) groups is 1. The van der Waals surface area contributed by atoms with E-state index in [9.17, 15) is 20.1 Å². The topological polar surface area (TPSA) is 87.0 Å². The number of hydrogen-bond donors (Lipinski definition) is 3. The third-order valence-corrected chi connectivity index (χ3v) is 3.33. The Hall–Kier alpha value is -0.630. The molecule has 0 amide bonds. The Labute approximate surface area is 114 Å². The van der Waals surface area contributed by atoms with Crippen LogP contribution in [0.1, 0.15) is 11.7 Å². The zero-order valence-electron chi connectivity index (χ0n) is 8.72. The van der Waals surface area contributed by atoms with Crippen molar-refractivity contribution < 1.29 is 24.9 Å². The molecule has 0 fully saturated rings. The minimum absolute atomic E-state index is 0.0338. The molecule has 1 aromatic carbocycles. The van der Waals surface area contributed by atoms with Crippen molar-refractivity contribution >= 4 is 37.8 Å². The summed E-state index contributed by atoms with van der Waals surface area (Å²) in [6, 6.07) is 2.80. The highest BCUT2D eigenvalue weighted by molar-refractivity contribution is 9.11. The molecule has 17 heavy (non-hydrogen) atoms. The second kappa shape index (κ2) is 5.81. The summed E-state index contributed by atoms with van der Waals surface area (Å²) in [4.78, 5) is 11.1. The van der Waals surface area contributed by atoms with Crippen LogP contribution in [0.2, 0.25) is 0 Å². The molecule has 0 saturated carbocycles. The van der Waals surface area contributed by atoms with Crippen molar-refractivity contribution in [1.29, 1.82) is 0 Å². The highest BCUT2D eigenvalue weighted by Gasteiger charge is 2.27. The molecule has 1 rings (SSSR count). The number of esters is 1. The fraction of sp³-hybridized carbons (Fsp3) is 0.300. The van der Waals surface area contributed by atoms with Crippen molar-refractivity contribution in [3.63, 3.8) is 0 Å². The lowest BCUT2D eigenvalue weighted by atomic mass is 10.0. The van der Waals surface area contributed by atoms with Gasteiger partial charge < -0.3 is 20.1 Å². The summed E-state index contributed by atoms with van der Waals surface area (Å²) in [6.45, 7) is 0. The molecule has 7 heteroatoms. The number of aliphatic hydroxyl groups excluding tert-OH is 2. The maximum absolute atomic E-state index is 11.1. The normalized spacial score (nSPS) is 14.2. The smallest absolute Gasteiger partial charge is 0.337 e. The molecule has 0 radical (unpaired) electrons. The molecular weight excluding hydrogens is 360 g/mol. The molecule has 2 atom stereocenters. The Bertz CT molecular complexity index is 412. The van der Waals surface area contributed by atoms with Crippen molar-refractivity contribution in [3.8, 4) is 5.75 Å². The van der Waals surface area contributed by atoms with Gasteiger partial charge in [-0.2, -0.15) is 0 Å². The number of benzene rings is 1. The van der Waals surface area contributed by atoms with Gasteiger partial charge in [-0.15, -0.1) is 0 Å². The number of ether oxygens (including phenoxy) is 1. The summed E-state index contributed by atoms with van der Waals surface area (Å²) in [7, 11) is 1.11. The summed E-state index contributed by atoms with van der Waals surface area (Å²) in [5.41, 5.74) is 0.263. The van der Waals surface area contributed by atoms with E-state index in [0.717, 1.165) is 7.11 Å². The summed E-state index contributed by atoms with van der Waals surface area (Å²) in [5, 5.41) is 28.7. The number of phenols is 1. The van der Waals surface area contributed by atoms with Gasteiger partial charge in [0.05, 0.1) is 16.1 Å². The second-order valence-electron chi connectivity index (χ2n) is 3.25. The number of aliphatic hydroxyl groups is 2. The first-order valence-electron chi connectivity index (χ1n) is 4.50. The largest absolute Gasteiger partial charge is 0.506 e. The Morgan fingerprint density at radius 1 is 1.29 bits per heavy atom. The third-order valence-electron chi connectivity index (χ3n) is 2.12. The average Bonchev–Trinajstić information content (AvgIpc) is 2.32. The molecule has 3 N–H and O–H groups in total. The molecule has 0 heterocycles. The zero-order chi connectivity index (χ0) is 13.2. The monoisotopic (exact) mass is 368 g/mol. The Kier molecular flexibility index (Phi) is 4.93. The maximum Gasteiger partial charge on any atom is 0.337 e. The number of hydrogen-bond acceptors (Lipinski definition) is 5. The molecule has 0 saturated heterocycles. The summed E-state index contributed by atoms with van der Waals surface area (Å²) >= 11 is 6.16. The van der Waals surface area contributed by atoms with Crippen LogP contribution in [-0.2, 0) is 9.53 Å². The Morgan fingerprint density at radius 3 is 2.18 bits per heavy atom. The molecule has 0 spiro atoms. The van der Waals surface area contributed by atoms with E-state index in [2.05, 4.69) is 36.6 Å². The molecule has 2 unspecified atom stereocenters. The van der Waals surface area contributed by atoms with E-state index >= 15 is 0 Å². The SMILES string of the molecule is COC(=O)C(O)C(O)c1cc(Br)c(O)c(Br)c1. The van der Waals surface area contributed by atoms with Gasteiger partial charge in [0.1, 0.15) is 11.9 Å². The van der Waals surface area contributed by atoms with Gasteiger partial charge in [-0.05, 0) is 49.6 Å². The van der Waals surface area contributed by atoms with Crippen LogP contribution in [0, 0.1) is 0 Å². The Morgan fingerprint density at radius 2 is 1.76 bits per heavy atom. The molecule has 94 valence electrons. The van der Waals surface area contributed by atoms with E-state index in [-0.39, 0.29) is 11.3 Å². The van der Waals surface area contributed by atoms with E-state index in [1.54, 1.807) is 0 Å². The van der Waals surface area contributed by atoms with Gasteiger partial charge in [0, 0.05) is 0 Å². The van der Waals surface area contributed by atoms with Gasteiger partial charge in [0.25, 0.3) is 0 Å². The molecule has 0 bridgehead atoms. The van der Waals surface area contributed by atoms with Crippen LogP contribution in [0.3, 0.4) is 0 Å². The number of methoxy groups -OCH3 is 1. The van der Waals surface area contributed by atoms with Crippen LogP contribution in [-0.4, -0.2) is 34.5 Å². The summed E-state index contributed by atoms with van der Waals surface area (Å²) in [5.74, 6) is -0.966. The molecule has 0 aliphatic heterocycles. The molecule has 0 aromatic heterocycles. The predicted molar refractivity (Wildman–Crippen MR) is 66.5 cm³/mol. The molecule has 1 aromatic rings. The van der Waals surface area contributed by atoms with Crippen LogP contribution in [0.15, 0.2) is 21.1 Å². The van der Waals surface area contributed by atoms with Crippen LogP contribution >= 0.6 is 31.9 Å². The lowest BCUT2D eigenvalue weighted by Crippen LogP contribution is -2.29. The van der Waals surface area contributed by atoms with Crippen LogP contribution in [0.25, 0.3) is 0 Å². The molecule has 0 aliphatic carbocycles. The van der Waals surface area contributed by atoms with Gasteiger partial charge in [-0.1, -0.05) is 0 Å². The molecule has 0 aliphatic rings. The summed E-state index contributed by atoms with van der Waals surface area (Å²) in [6.07, 6.45) is -3.11. The van der Waals surface area contributed by atoms with E-state index in [0.29, 0.717) is 8.95 Å². The number of rotatable bonds is 3. The number of phenolic OH excluding ortho intramolecular Hbond substituents is 1. The molecular formula is C10H10Br2O5. The standard InChI is InChI=1S/C10H10Br2O5/c1-17-10(16)9(15)7(13)4-2-5(11)8(14)6(12)3-4/h2-3,7,9,13-15H,1H3. The highest BCUT2D eigenvalue weighted by atomic mass is 79.9. The minimum atomic E-state index is -1.68. The van der Waals surface area contributed by atoms with Crippen molar-refractivity contribution in [3.05, 3.63) is 26.6 Å². The van der Waals surface area contributed by atoms with Gasteiger partial charge in [-0.3, -0.25) is 0 Å². The minimum Gasteiger partial charge on any atom is -0.506 e. The van der Waals surface area contributed by atoms with Gasteiger partial charge in [0.15, 0.2) is 6.10 Å². The number of carbonyl (C=O) groups excluding carboxylic acids is 1. The van der Waals surface area contributed by atoms with Crippen molar-refractivity contribution in [2.75, 3.05) is 7.11 Å². The van der Waals surface area contributed by atoms with Crippen molar-refractivity contribution in [2.45, 2.75) is 12.2 Å². The second-order valence-corrected chi connectivity index (χ2v) is 4.95. The highest BCUT2D eigenvalue weighted by Crippen LogP contribution is 2.35. The van der Waals surface area contributed by atoms with E-state index in [1.807, 2.05) is 0 Å². The van der Waals surface area contributed by atoms with Crippen molar-refractivity contribution in [1.82, 2.24) is 0 Å². The lowest BCUT2D eigenvalue weighted by molar-refractivity contribution is -0.156. The lowest BCUT2D eigenvalue weighted by Gasteiger charge is -2.17. The van der Waals surface area contributed by atoms with Crippen LogP contribution in [0.4, 0.5) is 0 Å². The maximum atomic E-state index is 11.1. The first-order chi connectivity index (χ1) is 7.88. The quantitative estimate of drug-likeness (QED) is 0.702. The third kappa shape index (κ3) is 3.19. The fourth-order valence-electron chi connectivity index (χ4n) is 1.19. The van der Waals surface area contributed by atoms with Gasteiger partial charge in [-0.25, -0.2) is 4.79 Å². The van der Waals surface area contributed by atoms with Crippen LogP contribution < -0.4 is 0 Å². The Balaban J connectivity index is 3.04. The van der Waals surface area contributed by atoms with Gasteiger partial charge in [0.2, 0.25) is 0 Å². The first-order valence-corrected chi connectivity index (χ1v) is 6.09. The van der Waals surface area contributed by atoms with E-state index in [4.69, 9.17) is 0 Å². The predicted octanol–water partition coefficient (Wildman–Crippen LogP) is 1.48. The van der Waals surface area contributed by atoms with Gasteiger partial charge >= 0.3 is 5.97 Å². The fourth-order valence-corrected chi connectivity index (χ4v) is 2.41. The summed E-state index contributed by atoms with van der Waals surface area (Å²) < 4.78 is 4.98. The number of aromatic hydroxyl groups is 1. The number of halogens is 2. The van der Waals surface area contributed by atoms with E-state index < -0.39 is 18.2 Å². The van der Waals surface area contributed by atoms with E-state index in [1.165, 1.54) is 12.1 Å². The average molecular weight is 370 g/mol. The molecule has 5 nitrogen and oxygen atoms in total. The first kappa shape index (κ1) is 14.4. The zero-order valence-corrected chi connectivity index (χ0v) is 11.9. The van der Waals surface area contributed by atoms with Crippen molar-refractivity contribution in [2.24, 2.45) is 0 Å².